The van der Waals surface area contributed by atoms with Crippen LogP contribution in [0.25, 0.3) is 31.4 Å². The molecule has 0 spiro atoms. The lowest BCUT2D eigenvalue weighted by atomic mass is 10.00. The Kier molecular flexibility index (Phi) is 7.25. The topological polar surface area (TPSA) is 75.3 Å². The number of sulfone groups is 1. The molecule has 0 atom stereocenters. The van der Waals surface area contributed by atoms with Crippen LogP contribution in [0.15, 0.2) is 65.7 Å². The standard InChI is InChI=1S/C29H25ClF3N3O3S2/c1-29(32,33)24-13-17(30)3-8-21(24)28-26(22-9-10-25-23(14-34-35-25)27(22)40-28)39-18-4-6-19(7-5-18)41(37,38)20-15-36(16-20)12-2-11-31/h3-10,13-14,20H,2,11-12,15-16H2,1H3,(H,34,35). The van der Waals surface area contributed by atoms with Gasteiger partial charge in [0.25, 0.3) is 5.92 Å². The van der Waals surface area contributed by atoms with Gasteiger partial charge in [0, 0.05) is 58.2 Å². The van der Waals surface area contributed by atoms with Crippen LogP contribution < -0.4 is 4.74 Å². The van der Waals surface area contributed by atoms with Gasteiger partial charge in [0.2, 0.25) is 0 Å². The zero-order valence-electron chi connectivity index (χ0n) is 21.8. The molecule has 2 aromatic heterocycles. The maximum atomic E-state index is 14.8. The van der Waals surface area contributed by atoms with E-state index in [1.54, 1.807) is 30.5 Å². The fraction of sp³-hybridized carbons (Fsp3) is 0.276. The molecule has 0 radical (unpaired) electrons. The number of fused-ring (bicyclic) bond motifs is 3. The maximum Gasteiger partial charge on any atom is 0.271 e. The number of nitrogens with one attached hydrogen (secondary N) is 1. The Hall–Kier alpha value is -3.12. The van der Waals surface area contributed by atoms with Gasteiger partial charge in [-0.2, -0.15) is 5.10 Å². The number of thiophene rings is 1. The maximum absolute atomic E-state index is 14.8. The van der Waals surface area contributed by atoms with Crippen LogP contribution >= 0.6 is 22.9 Å². The van der Waals surface area contributed by atoms with Crippen LogP contribution in [0.1, 0.15) is 18.9 Å². The summed E-state index contributed by atoms with van der Waals surface area (Å²) >= 11 is 7.41. The lowest BCUT2D eigenvalue weighted by Crippen LogP contribution is -2.54. The van der Waals surface area contributed by atoms with E-state index in [4.69, 9.17) is 16.3 Å². The fourth-order valence-electron chi connectivity index (χ4n) is 5.10. The second-order valence-corrected chi connectivity index (χ2v) is 13.8. The Morgan fingerprint density at radius 2 is 1.88 bits per heavy atom. The van der Waals surface area contributed by atoms with Gasteiger partial charge in [0.05, 0.1) is 33.4 Å². The summed E-state index contributed by atoms with van der Waals surface area (Å²) in [6.45, 7) is 1.68. The van der Waals surface area contributed by atoms with Crippen molar-refractivity contribution in [1.82, 2.24) is 15.1 Å². The Morgan fingerprint density at radius 1 is 1.12 bits per heavy atom. The predicted molar refractivity (Wildman–Crippen MR) is 156 cm³/mol. The van der Waals surface area contributed by atoms with E-state index >= 15 is 0 Å². The van der Waals surface area contributed by atoms with Gasteiger partial charge in [-0.05, 0) is 55.0 Å². The number of likely N-dealkylation sites (tertiary alicyclic amines) is 1. The highest BCUT2D eigenvalue weighted by Crippen LogP contribution is 2.51. The van der Waals surface area contributed by atoms with Gasteiger partial charge in [-0.1, -0.05) is 17.7 Å². The van der Waals surface area contributed by atoms with Crippen LogP contribution in [-0.2, 0) is 15.8 Å². The van der Waals surface area contributed by atoms with Crippen LogP contribution in [-0.4, -0.2) is 55.1 Å². The smallest absolute Gasteiger partial charge is 0.271 e. The number of halogens is 4. The monoisotopic (exact) mass is 619 g/mol. The van der Waals surface area contributed by atoms with Crippen molar-refractivity contribution in [2.75, 3.05) is 26.3 Å². The van der Waals surface area contributed by atoms with Crippen molar-refractivity contribution in [3.05, 3.63) is 71.4 Å². The summed E-state index contributed by atoms with van der Waals surface area (Å²) in [6, 6.07) is 14.2. The van der Waals surface area contributed by atoms with E-state index < -0.39 is 27.7 Å². The van der Waals surface area contributed by atoms with Crippen molar-refractivity contribution in [3.63, 3.8) is 0 Å². The van der Waals surface area contributed by atoms with E-state index in [9.17, 15) is 21.6 Å². The second kappa shape index (κ2) is 10.6. The van der Waals surface area contributed by atoms with Crippen molar-refractivity contribution >= 4 is 53.8 Å². The van der Waals surface area contributed by atoms with Gasteiger partial charge < -0.3 is 9.64 Å². The minimum absolute atomic E-state index is 0.168. The largest absolute Gasteiger partial charge is 0.455 e. The summed E-state index contributed by atoms with van der Waals surface area (Å²) in [5.74, 6) is -2.44. The molecule has 0 aliphatic carbocycles. The average molecular weight is 620 g/mol. The molecule has 0 unspecified atom stereocenters. The molecule has 1 fully saturated rings. The van der Waals surface area contributed by atoms with Crippen molar-refractivity contribution < 1.29 is 26.3 Å². The van der Waals surface area contributed by atoms with Crippen LogP contribution in [0.5, 0.6) is 11.5 Å². The molecular formula is C29H25ClF3N3O3S2. The molecule has 1 saturated heterocycles. The Morgan fingerprint density at radius 3 is 2.59 bits per heavy atom. The van der Waals surface area contributed by atoms with E-state index in [0.717, 1.165) is 22.5 Å². The molecule has 3 aromatic carbocycles. The van der Waals surface area contributed by atoms with Gasteiger partial charge in [0.15, 0.2) is 15.6 Å². The first-order valence-electron chi connectivity index (χ1n) is 12.9. The number of rotatable bonds is 9. The lowest BCUT2D eigenvalue weighted by molar-refractivity contribution is 0.0181. The van der Waals surface area contributed by atoms with Gasteiger partial charge >= 0.3 is 0 Å². The van der Waals surface area contributed by atoms with Crippen LogP contribution in [0.3, 0.4) is 0 Å². The minimum atomic E-state index is -3.56. The SMILES string of the molecule is CC(F)(F)c1cc(Cl)ccc1-c1sc2c(ccc3[nH]ncc32)c1Oc1ccc(S(=O)(=O)C2CN(CCCF)C2)cc1. The number of aromatic amines is 1. The fourth-order valence-corrected chi connectivity index (χ4v) is 8.27. The third-order valence-corrected chi connectivity index (χ3v) is 10.9. The lowest BCUT2D eigenvalue weighted by Gasteiger charge is -2.38. The third kappa shape index (κ3) is 5.20. The second-order valence-electron chi connectivity index (χ2n) is 10.2. The predicted octanol–water partition coefficient (Wildman–Crippen LogP) is 7.82. The summed E-state index contributed by atoms with van der Waals surface area (Å²) in [6.07, 6.45) is 2.06. The molecule has 3 heterocycles. The first kappa shape index (κ1) is 28.0. The van der Waals surface area contributed by atoms with Gasteiger partial charge in [-0.15, -0.1) is 11.3 Å². The average Bonchev–Trinajstić information content (AvgIpc) is 3.52. The van der Waals surface area contributed by atoms with Gasteiger partial charge in [0.1, 0.15) is 5.75 Å². The number of benzene rings is 3. The van der Waals surface area contributed by atoms with Crippen molar-refractivity contribution in [2.24, 2.45) is 0 Å². The summed E-state index contributed by atoms with van der Waals surface area (Å²) in [4.78, 5) is 2.58. The number of hydrogen-bond acceptors (Lipinski definition) is 6. The summed E-state index contributed by atoms with van der Waals surface area (Å²) in [5.41, 5.74) is 0.853. The number of aromatic nitrogens is 2. The molecule has 6 nitrogen and oxygen atoms in total. The number of nitrogens with zero attached hydrogens (tertiary/aromatic N) is 2. The Labute approximate surface area is 243 Å². The molecule has 0 saturated carbocycles. The molecule has 1 aliphatic rings. The van der Waals surface area contributed by atoms with Crippen molar-refractivity contribution in [1.29, 1.82) is 0 Å². The minimum Gasteiger partial charge on any atom is -0.455 e. The van der Waals surface area contributed by atoms with E-state index in [1.165, 1.54) is 29.5 Å². The first-order valence-corrected chi connectivity index (χ1v) is 15.7. The third-order valence-electron chi connectivity index (χ3n) is 7.27. The van der Waals surface area contributed by atoms with Gasteiger partial charge in [-0.25, -0.2) is 17.2 Å². The van der Waals surface area contributed by atoms with Crippen molar-refractivity contribution in [2.45, 2.75) is 29.4 Å². The summed E-state index contributed by atoms with van der Waals surface area (Å²) < 4.78 is 75.3. The number of hydrogen-bond donors (Lipinski definition) is 1. The zero-order valence-corrected chi connectivity index (χ0v) is 24.2. The van der Waals surface area contributed by atoms with E-state index in [2.05, 4.69) is 10.2 Å². The summed E-state index contributed by atoms with van der Waals surface area (Å²) in [5, 5.41) is 8.23. The van der Waals surface area contributed by atoms with Crippen LogP contribution in [0.2, 0.25) is 5.02 Å². The molecule has 12 heteroatoms. The molecule has 1 aliphatic heterocycles. The molecule has 5 aromatic rings. The highest BCUT2D eigenvalue weighted by molar-refractivity contribution is 7.92. The van der Waals surface area contributed by atoms with Crippen LogP contribution in [0.4, 0.5) is 13.2 Å². The molecule has 0 bridgehead atoms. The molecule has 214 valence electrons. The first-order chi connectivity index (χ1) is 19.6. The molecule has 41 heavy (non-hydrogen) atoms. The number of H-pyrrole nitrogens is 1. The number of alkyl halides is 3. The zero-order chi connectivity index (χ0) is 28.9. The summed E-state index contributed by atoms with van der Waals surface area (Å²) in [7, 11) is -3.56. The number of ether oxygens (including phenoxy) is 1. The highest BCUT2D eigenvalue weighted by Gasteiger charge is 2.38. The normalized spacial score (nSPS) is 15.0. The molecular weight excluding hydrogens is 595 g/mol. The Balaban J connectivity index is 1.38. The van der Waals surface area contributed by atoms with Crippen LogP contribution in [0, 0.1) is 0 Å². The van der Waals surface area contributed by atoms with E-state index in [1.807, 2.05) is 17.0 Å². The highest BCUT2D eigenvalue weighted by atomic mass is 35.5. The van der Waals surface area contributed by atoms with E-state index in [-0.39, 0.29) is 21.0 Å². The quantitative estimate of drug-likeness (QED) is 0.182. The van der Waals surface area contributed by atoms with Crippen molar-refractivity contribution in [3.8, 4) is 21.9 Å². The Bertz CT molecular complexity index is 1840. The molecule has 0 amide bonds. The van der Waals surface area contributed by atoms with Gasteiger partial charge in [-0.3, -0.25) is 9.49 Å². The molecule has 1 N–H and O–H groups in total. The molecule has 6 rings (SSSR count). The van der Waals surface area contributed by atoms with E-state index in [0.29, 0.717) is 47.8 Å².